The average Bonchev–Trinajstić information content (AvgIpc) is 3.35. The van der Waals surface area contributed by atoms with Crippen molar-refractivity contribution in [3.63, 3.8) is 0 Å². The van der Waals surface area contributed by atoms with E-state index in [1.807, 2.05) is 24.3 Å². The van der Waals surface area contributed by atoms with Crippen LogP contribution in [0, 0.1) is 10.8 Å². The maximum Gasteiger partial charge on any atom is 0.254 e. The number of rotatable bonds is 4. The molecule has 166 valence electrons. The van der Waals surface area contributed by atoms with Crippen LogP contribution in [0.25, 0.3) is 20.9 Å². The second-order valence-corrected chi connectivity index (χ2v) is 11.7. The van der Waals surface area contributed by atoms with Crippen LogP contribution in [0.4, 0.5) is 0 Å². The Balaban J connectivity index is 1.42. The highest BCUT2D eigenvalue weighted by Gasteiger charge is 2.51. The highest BCUT2D eigenvalue weighted by atomic mass is 32.1. The van der Waals surface area contributed by atoms with Gasteiger partial charge in [0, 0.05) is 33.5 Å². The molecule has 2 heterocycles. The lowest BCUT2D eigenvalue weighted by atomic mass is 9.65. The minimum Gasteiger partial charge on any atom is -0.496 e. The second kappa shape index (κ2) is 7.77. The number of benzene rings is 2. The molecule has 1 aliphatic heterocycles. The lowest BCUT2D eigenvalue weighted by Gasteiger charge is -2.39. The first-order chi connectivity index (χ1) is 15.3. The molecule has 5 rings (SSSR count). The fourth-order valence-electron chi connectivity index (χ4n) is 6.13. The van der Waals surface area contributed by atoms with E-state index in [0.29, 0.717) is 11.5 Å². The lowest BCUT2D eigenvalue weighted by Crippen LogP contribution is -2.37. The molecule has 3 aromatic rings. The molecule has 2 bridgehead atoms. The minimum atomic E-state index is 0.137. The number of methoxy groups -OCH3 is 1. The molecule has 0 radical (unpaired) electrons. The van der Waals surface area contributed by atoms with E-state index in [1.54, 1.807) is 18.4 Å². The van der Waals surface area contributed by atoms with Crippen molar-refractivity contribution in [1.82, 2.24) is 4.90 Å². The summed E-state index contributed by atoms with van der Waals surface area (Å²) in [5, 5.41) is 0. The van der Waals surface area contributed by atoms with Crippen LogP contribution in [0.1, 0.15) is 50.4 Å². The summed E-state index contributed by atoms with van der Waals surface area (Å²) in [5.74, 6) is 0.892. The summed E-state index contributed by atoms with van der Waals surface area (Å²) >= 11 is 1.74. The quantitative estimate of drug-likeness (QED) is 0.427. The monoisotopic (exact) mass is 445 g/mol. The van der Waals surface area contributed by atoms with Gasteiger partial charge >= 0.3 is 0 Å². The van der Waals surface area contributed by atoms with Crippen LogP contribution in [0.5, 0.6) is 5.75 Å². The van der Waals surface area contributed by atoms with Gasteiger partial charge in [0.25, 0.3) is 5.91 Å². The van der Waals surface area contributed by atoms with Gasteiger partial charge in [0.05, 0.1) is 7.11 Å². The summed E-state index contributed by atoms with van der Waals surface area (Å²) in [4.78, 5) is 18.0. The molecular weight excluding hydrogens is 414 g/mol. The standard InChI is InChI=1S/C28H31NO2S/c1-27(2)15-21-16-28(3,17-27)18-29(21)26(30)20-10-11-22(23(14-20)31-4)25-13-12-24(32-25)19-8-6-5-7-9-19/h5-14,21H,15-18H2,1-4H3/t21-,28-/m1/s1. The number of fused-ring (bicyclic) bond motifs is 2. The third-order valence-corrected chi connectivity index (χ3v) is 8.22. The molecule has 1 aromatic heterocycles. The van der Waals surface area contributed by atoms with Crippen LogP contribution in [0.2, 0.25) is 0 Å². The van der Waals surface area contributed by atoms with Crippen LogP contribution < -0.4 is 4.74 Å². The number of hydrogen-bond acceptors (Lipinski definition) is 3. The summed E-state index contributed by atoms with van der Waals surface area (Å²) in [5.41, 5.74) is 3.50. The first-order valence-electron chi connectivity index (χ1n) is 11.4. The Bertz CT molecular complexity index is 1150. The molecule has 0 N–H and O–H groups in total. The van der Waals surface area contributed by atoms with Crippen molar-refractivity contribution in [1.29, 1.82) is 0 Å². The van der Waals surface area contributed by atoms with Crippen molar-refractivity contribution in [2.45, 2.75) is 46.1 Å². The number of carbonyl (C=O) groups excluding carboxylic acids is 1. The van der Waals surface area contributed by atoms with E-state index in [1.165, 1.54) is 16.9 Å². The molecule has 1 aliphatic carbocycles. The zero-order valence-corrected chi connectivity index (χ0v) is 20.2. The van der Waals surface area contributed by atoms with E-state index in [4.69, 9.17) is 4.74 Å². The molecule has 2 atom stereocenters. The molecule has 32 heavy (non-hydrogen) atoms. The summed E-state index contributed by atoms with van der Waals surface area (Å²) in [6, 6.07) is 21.0. The number of hydrogen-bond donors (Lipinski definition) is 0. The van der Waals surface area contributed by atoms with Crippen molar-refractivity contribution in [2.24, 2.45) is 10.8 Å². The third-order valence-electron chi connectivity index (χ3n) is 7.05. The zero-order valence-electron chi connectivity index (χ0n) is 19.4. The van der Waals surface area contributed by atoms with E-state index in [2.05, 4.69) is 62.1 Å². The molecule has 2 aromatic carbocycles. The largest absolute Gasteiger partial charge is 0.496 e. The van der Waals surface area contributed by atoms with Gasteiger partial charge in [-0.3, -0.25) is 4.79 Å². The summed E-state index contributed by atoms with van der Waals surface area (Å²) in [7, 11) is 1.69. The highest BCUT2D eigenvalue weighted by Crippen LogP contribution is 2.52. The van der Waals surface area contributed by atoms with Gasteiger partial charge in [0.15, 0.2) is 0 Å². The Labute approximate surface area is 195 Å². The first-order valence-corrected chi connectivity index (χ1v) is 12.2. The number of carbonyl (C=O) groups is 1. The van der Waals surface area contributed by atoms with Gasteiger partial charge < -0.3 is 9.64 Å². The maximum atomic E-state index is 13.5. The molecule has 1 saturated heterocycles. The van der Waals surface area contributed by atoms with Gasteiger partial charge in [-0.15, -0.1) is 11.3 Å². The molecule has 1 saturated carbocycles. The predicted molar refractivity (Wildman–Crippen MR) is 132 cm³/mol. The molecule has 3 nitrogen and oxygen atoms in total. The zero-order chi connectivity index (χ0) is 22.5. The van der Waals surface area contributed by atoms with Crippen LogP contribution in [0.3, 0.4) is 0 Å². The van der Waals surface area contributed by atoms with Crippen molar-refractivity contribution in [3.8, 4) is 26.6 Å². The molecule has 2 fully saturated rings. The fraction of sp³-hybridized carbons (Fsp3) is 0.393. The average molecular weight is 446 g/mol. The Morgan fingerprint density at radius 2 is 1.75 bits per heavy atom. The second-order valence-electron chi connectivity index (χ2n) is 10.6. The van der Waals surface area contributed by atoms with Crippen LogP contribution in [-0.2, 0) is 0 Å². The number of thiophene rings is 1. The number of amides is 1. The van der Waals surface area contributed by atoms with Crippen molar-refractivity contribution < 1.29 is 9.53 Å². The Kier molecular flexibility index (Phi) is 5.16. The topological polar surface area (TPSA) is 29.5 Å². The summed E-state index contributed by atoms with van der Waals surface area (Å²) < 4.78 is 5.74. The highest BCUT2D eigenvalue weighted by molar-refractivity contribution is 7.18. The lowest BCUT2D eigenvalue weighted by molar-refractivity contribution is 0.0708. The maximum absolute atomic E-state index is 13.5. The fourth-order valence-corrected chi connectivity index (χ4v) is 7.17. The van der Waals surface area contributed by atoms with E-state index in [-0.39, 0.29) is 11.3 Å². The minimum absolute atomic E-state index is 0.137. The van der Waals surface area contributed by atoms with E-state index >= 15 is 0 Å². The third kappa shape index (κ3) is 3.86. The van der Waals surface area contributed by atoms with Gasteiger partial charge in [-0.2, -0.15) is 0 Å². The number of ether oxygens (including phenoxy) is 1. The van der Waals surface area contributed by atoms with Crippen molar-refractivity contribution in [2.75, 3.05) is 13.7 Å². The summed E-state index contributed by atoms with van der Waals surface area (Å²) in [6.45, 7) is 7.89. The molecule has 0 unspecified atom stereocenters. The first kappa shape index (κ1) is 21.3. The molecule has 0 spiro atoms. The Morgan fingerprint density at radius 1 is 1.00 bits per heavy atom. The predicted octanol–water partition coefficient (Wildman–Crippen LogP) is 7.13. The Hall–Kier alpha value is -2.59. The summed E-state index contributed by atoms with van der Waals surface area (Å²) in [6.07, 6.45) is 3.39. The molecule has 2 aliphatic rings. The van der Waals surface area contributed by atoms with Crippen molar-refractivity contribution in [3.05, 3.63) is 66.2 Å². The van der Waals surface area contributed by atoms with E-state index in [0.717, 1.165) is 41.1 Å². The molecular formula is C28H31NO2S. The number of likely N-dealkylation sites (tertiary alicyclic amines) is 1. The van der Waals surface area contributed by atoms with E-state index < -0.39 is 0 Å². The van der Waals surface area contributed by atoms with Gasteiger partial charge in [0.2, 0.25) is 0 Å². The van der Waals surface area contributed by atoms with Gasteiger partial charge in [-0.05, 0) is 66.0 Å². The van der Waals surface area contributed by atoms with E-state index in [9.17, 15) is 4.79 Å². The van der Waals surface area contributed by atoms with Crippen molar-refractivity contribution >= 4 is 17.2 Å². The van der Waals surface area contributed by atoms with Crippen LogP contribution in [-0.4, -0.2) is 30.5 Å². The normalized spacial score (nSPS) is 23.9. The van der Waals surface area contributed by atoms with Crippen LogP contribution in [0.15, 0.2) is 60.7 Å². The van der Waals surface area contributed by atoms with Gasteiger partial charge in [-0.25, -0.2) is 0 Å². The van der Waals surface area contributed by atoms with Gasteiger partial charge in [0.1, 0.15) is 5.75 Å². The molecule has 4 heteroatoms. The Morgan fingerprint density at radius 3 is 2.50 bits per heavy atom. The number of nitrogens with zero attached hydrogens (tertiary/aromatic N) is 1. The van der Waals surface area contributed by atoms with Gasteiger partial charge in [-0.1, -0.05) is 51.1 Å². The van der Waals surface area contributed by atoms with Crippen LogP contribution >= 0.6 is 11.3 Å². The SMILES string of the molecule is COc1cc(C(=O)N2C[C@]3(C)C[C@H]2CC(C)(C)C3)ccc1-c1ccc(-c2ccccc2)s1. The molecule has 1 amide bonds. The smallest absolute Gasteiger partial charge is 0.254 e.